The molecule has 0 spiro atoms. The van der Waals surface area contributed by atoms with E-state index in [1.165, 1.54) is 18.2 Å². The van der Waals surface area contributed by atoms with Crippen LogP contribution in [0.1, 0.15) is 26.7 Å². The predicted molar refractivity (Wildman–Crippen MR) is 96.8 cm³/mol. The highest BCUT2D eigenvalue weighted by Gasteiger charge is 2.32. The summed E-state index contributed by atoms with van der Waals surface area (Å²) in [6.45, 7) is 4.36. The van der Waals surface area contributed by atoms with Crippen LogP contribution in [0.2, 0.25) is 0 Å². The van der Waals surface area contributed by atoms with Crippen LogP contribution in [0, 0.1) is 0 Å². The number of benzene rings is 1. The van der Waals surface area contributed by atoms with E-state index in [9.17, 15) is 13.2 Å². The second kappa shape index (κ2) is 8.24. The first-order valence-corrected chi connectivity index (χ1v) is 7.24. The van der Waals surface area contributed by atoms with Gasteiger partial charge in [0.15, 0.2) is 11.7 Å². The van der Waals surface area contributed by atoms with Crippen molar-refractivity contribution < 1.29 is 22.6 Å². The number of nitrogens with two attached hydrogens (primary N) is 1. The van der Waals surface area contributed by atoms with E-state index in [1.54, 1.807) is 6.07 Å². The zero-order valence-electron chi connectivity index (χ0n) is 13.4. The third-order valence-electron chi connectivity index (χ3n) is 3.39. The summed E-state index contributed by atoms with van der Waals surface area (Å²) in [5.41, 5.74) is 5.66. The third kappa shape index (κ3) is 6.71. The van der Waals surface area contributed by atoms with Crippen LogP contribution >= 0.6 is 24.0 Å². The van der Waals surface area contributed by atoms with Crippen LogP contribution < -0.4 is 15.8 Å². The predicted octanol–water partition coefficient (Wildman–Crippen LogP) is 3.89. The van der Waals surface area contributed by atoms with Gasteiger partial charge in [0, 0.05) is 0 Å². The summed E-state index contributed by atoms with van der Waals surface area (Å²) in [6, 6.07) is 5.64. The van der Waals surface area contributed by atoms with Crippen molar-refractivity contribution in [3.63, 3.8) is 0 Å². The minimum Gasteiger partial charge on any atom is -0.404 e. The molecule has 2 rings (SSSR count). The normalized spacial score (nSPS) is 20.4. The highest BCUT2D eigenvalue weighted by molar-refractivity contribution is 14.0. The smallest absolute Gasteiger partial charge is 0.404 e. The van der Waals surface area contributed by atoms with E-state index in [-0.39, 0.29) is 53.1 Å². The number of aliphatic imine (C=N–C) groups is 1. The van der Waals surface area contributed by atoms with Gasteiger partial charge in [-0.1, -0.05) is 12.1 Å². The molecule has 0 radical (unpaired) electrons. The maximum atomic E-state index is 12.4. The number of anilines is 1. The quantitative estimate of drug-likeness (QED) is 0.408. The fraction of sp³-hybridized carbons (Fsp3) is 0.533. The number of ether oxygens (including phenoxy) is 2. The first-order valence-electron chi connectivity index (χ1n) is 7.24. The Morgan fingerprint density at radius 1 is 1.42 bits per heavy atom. The van der Waals surface area contributed by atoms with Crippen LogP contribution in [-0.2, 0) is 4.74 Å². The Morgan fingerprint density at radius 2 is 2.08 bits per heavy atom. The molecule has 0 saturated carbocycles. The molecule has 0 aromatic heterocycles. The van der Waals surface area contributed by atoms with Crippen LogP contribution in [0.5, 0.6) is 5.75 Å². The van der Waals surface area contributed by atoms with Crippen LogP contribution in [0.15, 0.2) is 29.3 Å². The van der Waals surface area contributed by atoms with E-state index in [1.807, 2.05) is 13.8 Å². The average Bonchev–Trinajstić information content (AvgIpc) is 2.77. The van der Waals surface area contributed by atoms with Gasteiger partial charge in [-0.2, -0.15) is 0 Å². The van der Waals surface area contributed by atoms with Gasteiger partial charge in [0.05, 0.1) is 23.9 Å². The van der Waals surface area contributed by atoms with Gasteiger partial charge in [-0.25, -0.2) is 0 Å². The lowest BCUT2D eigenvalue weighted by Crippen LogP contribution is -2.27. The maximum absolute atomic E-state index is 12.4. The molecular weight excluding hydrogens is 438 g/mol. The number of nitrogens with zero attached hydrogens (tertiary/aromatic N) is 1. The number of para-hydroxylation sites is 2. The molecular formula is C15H21F3IN3O2. The molecule has 0 aliphatic carbocycles. The minimum absolute atomic E-state index is 0. The summed E-state index contributed by atoms with van der Waals surface area (Å²) in [6.07, 6.45) is -3.00. The number of nitrogens with one attached hydrogen (secondary N) is 1. The number of halogens is 4. The van der Waals surface area contributed by atoms with Gasteiger partial charge >= 0.3 is 6.36 Å². The summed E-state index contributed by atoms with van der Waals surface area (Å²) in [5, 5.41) is 2.62. The van der Waals surface area contributed by atoms with Crippen molar-refractivity contribution in [2.75, 3.05) is 11.9 Å². The number of alkyl halides is 3. The lowest BCUT2D eigenvalue weighted by Gasteiger charge is -2.18. The van der Waals surface area contributed by atoms with Crippen molar-refractivity contribution in [1.29, 1.82) is 0 Å². The number of hydrogen-bond donors (Lipinski definition) is 2. The second-order valence-corrected chi connectivity index (χ2v) is 5.93. The number of hydrogen-bond acceptors (Lipinski definition) is 3. The Bertz CT molecular complexity index is 579. The van der Waals surface area contributed by atoms with Crippen molar-refractivity contribution in [3.8, 4) is 5.75 Å². The van der Waals surface area contributed by atoms with Crippen molar-refractivity contribution in [1.82, 2.24) is 0 Å². The molecule has 9 heteroatoms. The number of guanidine groups is 1. The molecule has 1 fully saturated rings. The maximum Gasteiger partial charge on any atom is 0.573 e. The van der Waals surface area contributed by atoms with E-state index in [4.69, 9.17) is 10.5 Å². The largest absolute Gasteiger partial charge is 0.573 e. The summed E-state index contributed by atoms with van der Waals surface area (Å²) in [7, 11) is 0. The van der Waals surface area contributed by atoms with Gasteiger partial charge in [-0.15, -0.1) is 37.1 Å². The van der Waals surface area contributed by atoms with Crippen molar-refractivity contribution >= 4 is 35.6 Å². The summed E-state index contributed by atoms with van der Waals surface area (Å²) in [5.74, 6) is -0.354. The van der Waals surface area contributed by atoms with Crippen LogP contribution in [-0.4, -0.2) is 30.6 Å². The van der Waals surface area contributed by atoms with E-state index >= 15 is 0 Å². The summed E-state index contributed by atoms with van der Waals surface area (Å²) >= 11 is 0. The topological polar surface area (TPSA) is 68.9 Å². The van der Waals surface area contributed by atoms with Crippen LogP contribution in [0.4, 0.5) is 18.9 Å². The molecule has 1 unspecified atom stereocenters. The van der Waals surface area contributed by atoms with E-state index < -0.39 is 6.36 Å². The van der Waals surface area contributed by atoms with E-state index in [0.29, 0.717) is 6.54 Å². The molecule has 1 aromatic rings. The molecule has 0 amide bonds. The Kier molecular flexibility index (Phi) is 7.14. The summed E-state index contributed by atoms with van der Waals surface area (Å²) in [4.78, 5) is 4.13. The minimum atomic E-state index is -4.77. The average molecular weight is 459 g/mol. The molecule has 5 nitrogen and oxygen atoms in total. The van der Waals surface area contributed by atoms with E-state index in [2.05, 4.69) is 15.0 Å². The highest BCUT2D eigenvalue weighted by atomic mass is 127. The first-order chi connectivity index (χ1) is 10.6. The Hall–Kier alpha value is -1.23. The van der Waals surface area contributed by atoms with Crippen LogP contribution in [0.25, 0.3) is 0 Å². The molecule has 1 aromatic carbocycles. The molecule has 1 aliphatic rings. The van der Waals surface area contributed by atoms with Gasteiger partial charge in [-0.3, -0.25) is 4.99 Å². The van der Waals surface area contributed by atoms with Gasteiger partial charge in [0.25, 0.3) is 0 Å². The highest BCUT2D eigenvalue weighted by Crippen LogP contribution is 2.30. The summed E-state index contributed by atoms with van der Waals surface area (Å²) < 4.78 is 46.8. The van der Waals surface area contributed by atoms with Crippen molar-refractivity contribution in [3.05, 3.63) is 24.3 Å². The Labute approximate surface area is 155 Å². The standard InChI is InChI=1S/C15H20F3N3O2.HI/c1-14(2)8-7-10(22-14)9-20-13(19)21-11-5-3-4-6-12(11)23-15(16,17)18;/h3-6,10H,7-9H2,1-2H3,(H3,19,20,21);1H. The lowest BCUT2D eigenvalue weighted by atomic mass is 10.1. The van der Waals surface area contributed by atoms with Crippen molar-refractivity contribution in [2.24, 2.45) is 10.7 Å². The molecule has 0 bridgehead atoms. The van der Waals surface area contributed by atoms with Gasteiger partial charge in [0.2, 0.25) is 0 Å². The monoisotopic (exact) mass is 459 g/mol. The first kappa shape index (κ1) is 20.8. The fourth-order valence-electron chi connectivity index (χ4n) is 2.37. The lowest BCUT2D eigenvalue weighted by molar-refractivity contribution is -0.274. The fourth-order valence-corrected chi connectivity index (χ4v) is 2.37. The molecule has 24 heavy (non-hydrogen) atoms. The van der Waals surface area contributed by atoms with Gasteiger partial charge in [0.1, 0.15) is 0 Å². The zero-order chi connectivity index (χ0) is 17.1. The Morgan fingerprint density at radius 3 is 2.67 bits per heavy atom. The van der Waals surface area contributed by atoms with Crippen LogP contribution in [0.3, 0.4) is 0 Å². The SMILES string of the molecule is CC1(C)CCC(CN=C(N)Nc2ccccc2OC(F)(F)F)O1.I. The Balaban J connectivity index is 0.00000288. The molecule has 1 aliphatic heterocycles. The van der Waals surface area contributed by atoms with E-state index in [0.717, 1.165) is 12.8 Å². The molecule has 1 saturated heterocycles. The molecule has 136 valence electrons. The number of rotatable bonds is 4. The van der Waals surface area contributed by atoms with Gasteiger partial charge < -0.3 is 20.5 Å². The second-order valence-electron chi connectivity index (χ2n) is 5.93. The van der Waals surface area contributed by atoms with Gasteiger partial charge in [-0.05, 0) is 38.8 Å². The molecule has 3 N–H and O–H groups in total. The third-order valence-corrected chi connectivity index (χ3v) is 3.39. The molecule has 1 atom stereocenters. The van der Waals surface area contributed by atoms with Crippen molar-refractivity contribution in [2.45, 2.75) is 44.8 Å². The zero-order valence-corrected chi connectivity index (χ0v) is 15.7. The molecule has 1 heterocycles.